The van der Waals surface area contributed by atoms with Gasteiger partial charge in [-0.15, -0.1) is 0 Å². The molecule has 2 N–H and O–H groups in total. The predicted octanol–water partition coefficient (Wildman–Crippen LogP) is 3.03. The van der Waals surface area contributed by atoms with Crippen LogP contribution in [0.4, 0.5) is 4.39 Å². The molecule has 112 valence electrons. The number of halogens is 2. The van der Waals surface area contributed by atoms with Crippen LogP contribution in [-0.2, 0) is 9.59 Å². The number of carboxylic acids is 1. The van der Waals surface area contributed by atoms with Crippen LogP contribution >= 0.6 is 11.6 Å². The van der Waals surface area contributed by atoms with Crippen molar-refractivity contribution >= 4 is 29.6 Å². The molecule has 0 fully saturated rings. The van der Waals surface area contributed by atoms with Crippen molar-refractivity contribution < 1.29 is 19.1 Å². The first-order valence-electron chi connectivity index (χ1n) is 6.14. The average molecular weight is 312 g/mol. The Morgan fingerprint density at radius 2 is 2.14 bits per heavy atom. The lowest BCUT2D eigenvalue weighted by atomic mass is 10.1. The maximum Gasteiger partial charge on any atom is 0.331 e. The van der Waals surface area contributed by atoms with Crippen LogP contribution in [0.1, 0.15) is 18.9 Å². The number of nitrogens with one attached hydrogen (secondary N) is 1. The summed E-state index contributed by atoms with van der Waals surface area (Å²) in [5.74, 6) is -2.01. The van der Waals surface area contributed by atoms with Gasteiger partial charge in [0.05, 0.1) is 5.02 Å². The van der Waals surface area contributed by atoms with Gasteiger partial charge < -0.3 is 10.4 Å². The lowest BCUT2D eigenvalue weighted by Gasteiger charge is -2.06. The molecule has 21 heavy (non-hydrogen) atoms. The van der Waals surface area contributed by atoms with E-state index in [9.17, 15) is 14.0 Å². The molecular weight excluding hydrogens is 297 g/mol. The van der Waals surface area contributed by atoms with Gasteiger partial charge in [0, 0.05) is 17.7 Å². The Kier molecular flexibility index (Phi) is 6.11. The maximum atomic E-state index is 13.0. The number of carbonyl (C=O) groups is 2. The number of carboxylic acid groups (broad SMARTS) is 1. The monoisotopic (exact) mass is 311 g/mol. The Hall–Kier alpha value is -2.14. The molecule has 1 aromatic rings. The highest BCUT2D eigenvalue weighted by Gasteiger charge is 2.09. The Bertz CT molecular complexity index is 611. The number of carbonyl (C=O) groups excluding carboxylic acids is 1. The fourth-order valence-electron chi connectivity index (χ4n) is 1.51. The van der Waals surface area contributed by atoms with E-state index >= 15 is 0 Å². The lowest BCUT2D eigenvalue weighted by Crippen LogP contribution is -2.25. The van der Waals surface area contributed by atoms with Crippen LogP contribution in [0.2, 0.25) is 5.02 Å². The maximum absolute atomic E-state index is 13.0. The highest BCUT2D eigenvalue weighted by Crippen LogP contribution is 2.18. The second-order valence-corrected chi connectivity index (χ2v) is 4.84. The van der Waals surface area contributed by atoms with Crippen molar-refractivity contribution in [1.29, 1.82) is 0 Å². The number of amides is 1. The lowest BCUT2D eigenvalue weighted by molar-refractivity contribution is -0.132. The summed E-state index contributed by atoms with van der Waals surface area (Å²) in [7, 11) is 0. The first-order valence-corrected chi connectivity index (χ1v) is 6.51. The highest BCUT2D eigenvalue weighted by molar-refractivity contribution is 6.30. The van der Waals surface area contributed by atoms with Gasteiger partial charge in [-0.2, -0.15) is 0 Å². The fourth-order valence-corrected chi connectivity index (χ4v) is 1.69. The first-order chi connectivity index (χ1) is 9.81. The van der Waals surface area contributed by atoms with Crippen LogP contribution < -0.4 is 5.32 Å². The van der Waals surface area contributed by atoms with E-state index in [2.05, 4.69) is 11.9 Å². The van der Waals surface area contributed by atoms with Crippen molar-refractivity contribution in [2.75, 3.05) is 6.54 Å². The molecule has 1 aromatic carbocycles. The second kappa shape index (κ2) is 7.59. The molecule has 0 atom stereocenters. The van der Waals surface area contributed by atoms with Gasteiger partial charge in [0.2, 0.25) is 5.91 Å². The van der Waals surface area contributed by atoms with Crippen molar-refractivity contribution in [2.24, 2.45) is 0 Å². The van der Waals surface area contributed by atoms with Gasteiger partial charge in [-0.05, 0) is 37.1 Å². The molecule has 0 aromatic heterocycles. The second-order valence-electron chi connectivity index (χ2n) is 4.43. The summed E-state index contributed by atoms with van der Waals surface area (Å²) in [6.45, 7) is 5.21. The van der Waals surface area contributed by atoms with E-state index in [-0.39, 0.29) is 29.5 Å². The summed E-state index contributed by atoms with van der Waals surface area (Å²) in [6.07, 6.45) is 1.52. The molecule has 0 saturated heterocycles. The number of aliphatic carboxylic acids is 1. The average Bonchev–Trinajstić information content (AvgIpc) is 2.41. The van der Waals surface area contributed by atoms with Crippen LogP contribution in [0.5, 0.6) is 0 Å². The predicted molar refractivity (Wildman–Crippen MR) is 79.5 cm³/mol. The summed E-state index contributed by atoms with van der Waals surface area (Å²) in [5.41, 5.74) is 0.908. The zero-order valence-corrected chi connectivity index (χ0v) is 12.2. The minimum Gasteiger partial charge on any atom is -0.478 e. The zero-order valence-electron chi connectivity index (χ0n) is 11.5. The summed E-state index contributed by atoms with van der Waals surface area (Å²) >= 11 is 5.64. The van der Waals surface area contributed by atoms with E-state index in [0.29, 0.717) is 11.1 Å². The molecule has 0 aliphatic rings. The summed E-state index contributed by atoms with van der Waals surface area (Å²) in [6, 6.07) is 3.93. The third-order valence-corrected chi connectivity index (χ3v) is 2.92. The van der Waals surface area contributed by atoms with Crippen LogP contribution in [0.25, 0.3) is 6.08 Å². The van der Waals surface area contributed by atoms with Crippen molar-refractivity contribution in [2.45, 2.75) is 13.3 Å². The van der Waals surface area contributed by atoms with Gasteiger partial charge in [-0.25, -0.2) is 9.18 Å². The molecule has 6 heteroatoms. The fraction of sp³-hybridized carbons (Fsp3) is 0.200. The van der Waals surface area contributed by atoms with Gasteiger partial charge in [-0.3, -0.25) is 4.79 Å². The van der Waals surface area contributed by atoms with Gasteiger partial charge in [0.1, 0.15) is 5.82 Å². The molecule has 1 amide bonds. The molecule has 4 nitrogen and oxygen atoms in total. The topological polar surface area (TPSA) is 66.4 Å². The molecular formula is C15H15ClFNO3. The standard InChI is InChI=1S/C15H15ClFNO3/c1-9(2)14(19)18-6-5-11(15(20)21)7-10-3-4-13(17)12(16)8-10/h3-4,7-8H,1,5-6H2,2H3,(H,18,19)(H,20,21)/b11-7+. The van der Waals surface area contributed by atoms with Gasteiger partial charge in [-0.1, -0.05) is 24.2 Å². The third-order valence-electron chi connectivity index (χ3n) is 2.63. The Labute approximate surface area is 126 Å². The Morgan fingerprint density at radius 3 is 2.67 bits per heavy atom. The van der Waals surface area contributed by atoms with Crippen molar-refractivity contribution in [1.82, 2.24) is 5.32 Å². The van der Waals surface area contributed by atoms with E-state index in [1.54, 1.807) is 6.92 Å². The normalized spacial score (nSPS) is 11.1. The molecule has 0 aliphatic heterocycles. The number of hydrogen-bond acceptors (Lipinski definition) is 2. The van der Waals surface area contributed by atoms with E-state index in [0.717, 1.165) is 6.07 Å². The minimum atomic E-state index is -1.11. The quantitative estimate of drug-likeness (QED) is 0.794. The smallest absolute Gasteiger partial charge is 0.331 e. The minimum absolute atomic E-state index is 0.0796. The molecule has 0 aliphatic carbocycles. The summed E-state index contributed by atoms with van der Waals surface area (Å²) in [5, 5.41) is 11.6. The molecule has 0 heterocycles. The van der Waals surface area contributed by atoms with Crippen LogP contribution in [0.15, 0.2) is 35.9 Å². The Morgan fingerprint density at radius 1 is 1.48 bits per heavy atom. The molecule has 1 rings (SSSR count). The molecule has 0 bridgehead atoms. The van der Waals surface area contributed by atoms with Crippen molar-refractivity contribution in [3.05, 3.63) is 52.3 Å². The van der Waals surface area contributed by atoms with Crippen molar-refractivity contribution in [3.63, 3.8) is 0 Å². The van der Waals surface area contributed by atoms with Crippen molar-refractivity contribution in [3.8, 4) is 0 Å². The van der Waals surface area contributed by atoms with Gasteiger partial charge in [0.25, 0.3) is 0 Å². The Balaban J connectivity index is 2.79. The van der Waals surface area contributed by atoms with E-state index < -0.39 is 11.8 Å². The number of benzene rings is 1. The van der Waals surface area contributed by atoms with Crippen LogP contribution in [0.3, 0.4) is 0 Å². The van der Waals surface area contributed by atoms with Crippen LogP contribution in [0, 0.1) is 5.82 Å². The third kappa shape index (κ3) is 5.39. The van der Waals surface area contributed by atoms with E-state index in [4.69, 9.17) is 16.7 Å². The number of hydrogen-bond donors (Lipinski definition) is 2. The largest absolute Gasteiger partial charge is 0.478 e. The van der Waals surface area contributed by atoms with Gasteiger partial charge >= 0.3 is 5.97 Å². The molecule has 0 unspecified atom stereocenters. The van der Waals surface area contributed by atoms with Gasteiger partial charge in [0.15, 0.2) is 0 Å². The van der Waals surface area contributed by atoms with E-state index in [1.807, 2.05) is 0 Å². The summed E-state index contributed by atoms with van der Waals surface area (Å²) < 4.78 is 13.0. The number of rotatable bonds is 6. The molecule has 0 saturated carbocycles. The first kappa shape index (κ1) is 16.9. The molecule has 0 radical (unpaired) electrons. The molecule has 0 spiro atoms. The SMILES string of the molecule is C=C(C)C(=O)NCC/C(=C\c1ccc(F)c(Cl)c1)C(=O)O. The van der Waals surface area contributed by atoms with Crippen LogP contribution in [-0.4, -0.2) is 23.5 Å². The summed E-state index contributed by atoms with van der Waals surface area (Å²) in [4.78, 5) is 22.5. The highest BCUT2D eigenvalue weighted by atomic mass is 35.5. The van der Waals surface area contributed by atoms with E-state index in [1.165, 1.54) is 18.2 Å². The zero-order chi connectivity index (χ0) is 16.0.